The minimum Gasteiger partial charge on any atom is -0.550 e. The maximum atomic E-state index is 10.2. The van der Waals surface area contributed by atoms with E-state index in [0.717, 1.165) is 38.5 Å². The van der Waals surface area contributed by atoms with Crippen LogP contribution in [0.4, 0.5) is 0 Å². The number of carbonyl (C=O) groups excluding carboxylic acids is 1. The van der Waals surface area contributed by atoms with Crippen LogP contribution in [0.15, 0.2) is 24.3 Å². The average molecular weight is 318 g/mol. The van der Waals surface area contributed by atoms with Gasteiger partial charge in [0, 0.05) is 5.97 Å². The van der Waals surface area contributed by atoms with Gasteiger partial charge in [-0.05, 0) is 38.5 Å². The summed E-state index contributed by atoms with van der Waals surface area (Å²) in [6, 6.07) is 0. The van der Waals surface area contributed by atoms with E-state index in [1.807, 2.05) is 12.2 Å². The van der Waals surface area contributed by atoms with E-state index in [4.69, 9.17) is 0 Å². The molecule has 0 fully saturated rings. The zero-order valence-corrected chi connectivity index (χ0v) is 16.4. The van der Waals surface area contributed by atoms with E-state index in [2.05, 4.69) is 19.1 Å². The third-order valence-corrected chi connectivity index (χ3v) is 3.40. The molecule has 0 aliphatic heterocycles. The summed E-state index contributed by atoms with van der Waals surface area (Å²) >= 11 is 0. The number of hydrogen-bond donors (Lipinski definition) is 1. The van der Waals surface area contributed by atoms with Crippen LogP contribution in [0.5, 0.6) is 0 Å². The summed E-state index contributed by atoms with van der Waals surface area (Å²) in [6.45, 7) is 2.21. The first-order valence-electron chi connectivity index (χ1n) is 8.36. The topological polar surface area (TPSA) is 60.4 Å². The Kier molecular flexibility index (Phi) is 20.8. The van der Waals surface area contributed by atoms with Crippen molar-refractivity contribution in [2.45, 2.75) is 83.7 Å². The van der Waals surface area contributed by atoms with Crippen LogP contribution in [0.2, 0.25) is 0 Å². The van der Waals surface area contributed by atoms with Gasteiger partial charge in [0.05, 0.1) is 6.10 Å². The molecule has 0 radical (unpaired) electrons. The molecule has 1 atom stereocenters. The summed E-state index contributed by atoms with van der Waals surface area (Å²) in [4.78, 5) is 10.2. The van der Waals surface area contributed by atoms with Gasteiger partial charge in [0.1, 0.15) is 0 Å². The van der Waals surface area contributed by atoms with Crippen molar-refractivity contribution in [1.29, 1.82) is 0 Å². The van der Waals surface area contributed by atoms with Crippen LogP contribution in [-0.2, 0) is 4.79 Å². The Balaban J connectivity index is 0. The number of aliphatic hydroxyl groups excluding tert-OH is 1. The summed E-state index contributed by atoms with van der Waals surface area (Å²) in [5.74, 6) is -0.972. The number of rotatable bonds is 14. The van der Waals surface area contributed by atoms with Crippen LogP contribution >= 0.6 is 0 Å². The number of unbranched alkanes of at least 4 members (excludes halogenated alkanes) is 6. The molecule has 0 saturated carbocycles. The standard InChI is InChI=1S/C18H32O3.Na/c1-2-3-4-5-6-7-8-11-14-17(19)15-12-9-10-13-16-18(20)21;/h6-7,11,14,17,19H,2-5,8-10,12-13,15-16H2,1H3,(H,20,21);/q;+1/p-1/b7-6-,14-11-;. The van der Waals surface area contributed by atoms with E-state index < -0.39 is 5.97 Å². The maximum absolute atomic E-state index is 10.2. The summed E-state index contributed by atoms with van der Waals surface area (Å²) in [5, 5.41) is 20.0. The fourth-order valence-electron chi connectivity index (χ4n) is 2.11. The van der Waals surface area contributed by atoms with Crippen molar-refractivity contribution in [2.75, 3.05) is 0 Å². The van der Waals surface area contributed by atoms with Crippen molar-refractivity contribution in [3.8, 4) is 0 Å². The van der Waals surface area contributed by atoms with E-state index in [9.17, 15) is 15.0 Å². The molecule has 0 rings (SSSR count). The van der Waals surface area contributed by atoms with Crippen LogP contribution < -0.4 is 34.7 Å². The molecule has 1 N–H and O–H groups in total. The Morgan fingerprint density at radius 2 is 1.77 bits per heavy atom. The molecule has 4 heteroatoms. The number of aliphatic hydroxyl groups is 1. The molecular formula is C18H31NaO3. The molecule has 0 bridgehead atoms. The van der Waals surface area contributed by atoms with E-state index >= 15 is 0 Å². The van der Waals surface area contributed by atoms with Gasteiger partial charge in [0.25, 0.3) is 0 Å². The second-order valence-electron chi connectivity index (χ2n) is 5.52. The summed E-state index contributed by atoms with van der Waals surface area (Å²) in [6.07, 6.45) is 18.1. The van der Waals surface area contributed by atoms with Gasteiger partial charge >= 0.3 is 29.6 Å². The van der Waals surface area contributed by atoms with Gasteiger partial charge in [-0.25, -0.2) is 0 Å². The summed E-state index contributed by atoms with van der Waals surface area (Å²) in [7, 11) is 0. The van der Waals surface area contributed by atoms with Crippen LogP contribution in [0.1, 0.15) is 77.6 Å². The number of carboxylic acid groups (broad SMARTS) is 1. The molecule has 22 heavy (non-hydrogen) atoms. The monoisotopic (exact) mass is 318 g/mol. The predicted octanol–water partition coefficient (Wildman–Crippen LogP) is 0.525. The largest absolute Gasteiger partial charge is 1.00 e. The van der Waals surface area contributed by atoms with Crippen molar-refractivity contribution in [1.82, 2.24) is 0 Å². The fourth-order valence-corrected chi connectivity index (χ4v) is 2.11. The number of hydrogen-bond acceptors (Lipinski definition) is 3. The zero-order valence-electron chi connectivity index (χ0n) is 14.4. The Morgan fingerprint density at radius 3 is 2.45 bits per heavy atom. The Morgan fingerprint density at radius 1 is 1.05 bits per heavy atom. The van der Waals surface area contributed by atoms with Crippen molar-refractivity contribution in [3.63, 3.8) is 0 Å². The second-order valence-corrected chi connectivity index (χ2v) is 5.52. The molecule has 0 aromatic rings. The first kappa shape index (κ1) is 24.2. The number of carboxylic acids is 1. The van der Waals surface area contributed by atoms with E-state index in [0.29, 0.717) is 6.42 Å². The number of carbonyl (C=O) groups is 1. The minimum atomic E-state index is -0.972. The molecule has 0 aliphatic carbocycles. The smallest absolute Gasteiger partial charge is 0.550 e. The first-order valence-corrected chi connectivity index (χ1v) is 8.36. The van der Waals surface area contributed by atoms with Crippen molar-refractivity contribution in [2.24, 2.45) is 0 Å². The molecule has 0 saturated heterocycles. The van der Waals surface area contributed by atoms with Crippen LogP contribution in [0.25, 0.3) is 0 Å². The molecule has 0 amide bonds. The summed E-state index contributed by atoms with van der Waals surface area (Å²) < 4.78 is 0. The third kappa shape index (κ3) is 19.9. The molecule has 0 aliphatic rings. The molecule has 0 aromatic heterocycles. The van der Waals surface area contributed by atoms with E-state index in [-0.39, 0.29) is 42.1 Å². The Labute approximate surface area is 158 Å². The fraction of sp³-hybridized carbons (Fsp3) is 0.722. The molecule has 0 heterocycles. The van der Waals surface area contributed by atoms with Gasteiger partial charge in [-0.2, -0.15) is 0 Å². The maximum Gasteiger partial charge on any atom is 1.00 e. The van der Waals surface area contributed by atoms with Crippen LogP contribution in [0, 0.1) is 0 Å². The number of allylic oxidation sites excluding steroid dienone is 3. The molecule has 3 nitrogen and oxygen atoms in total. The van der Waals surface area contributed by atoms with Crippen LogP contribution in [0.3, 0.4) is 0 Å². The van der Waals surface area contributed by atoms with Gasteiger partial charge in [0.15, 0.2) is 0 Å². The van der Waals surface area contributed by atoms with E-state index in [1.165, 1.54) is 19.3 Å². The van der Waals surface area contributed by atoms with Crippen molar-refractivity contribution < 1.29 is 44.6 Å². The van der Waals surface area contributed by atoms with Gasteiger partial charge in [0.2, 0.25) is 0 Å². The quantitative estimate of drug-likeness (QED) is 0.289. The summed E-state index contributed by atoms with van der Waals surface area (Å²) in [5.41, 5.74) is 0. The second kappa shape index (κ2) is 19.0. The molecular weight excluding hydrogens is 287 g/mol. The average Bonchev–Trinajstić information content (AvgIpc) is 2.45. The normalized spacial score (nSPS) is 12.6. The molecule has 0 aromatic carbocycles. The van der Waals surface area contributed by atoms with Gasteiger partial charge < -0.3 is 15.0 Å². The zero-order chi connectivity index (χ0) is 15.8. The van der Waals surface area contributed by atoms with Crippen molar-refractivity contribution in [3.05, 3.63) is 24.3 Å². The van der Waals surface area contributed by atoms with E-state index in [1.54, 1.807) is 0 Å². The Hall–Kier alpha value is -0.0900. The third-order valence-electron chi connectivity index (χ3n) is 3.40. The van der Waals surface area contributed by atoms with Crippen molar-refractivity contribution >= 4 is 5.97 Å². The van der Waals surface area contributed by atoms with Gasteiger partial charge in [-0.1, -0.05) is 63.3 Å². The first-order chi connectivity index (χ1) is 10.2. The SMILES string of the molecule is CCCCC/C=C\C/C=C\C(O)CCCCCCC(=O)[O-].[Na+]. The number of aliphatic carboxylic acids is 1. The van der Waals surface area contributed by atoms with Gasteiger partial charge in [-0.3, -0.25) is 0 Å². The molecule has 0 spiro atoms. The minimum absolute atomic E-state index is 0. The molecule has 122 valence electrons. The van der Waals surface area contributed by atoms with Crippen LogP contribution in [-0.4, -0.2) is 17.2 Å². The van der Waals surface area contributed by atoms with Gasteiger partial charge in [-0.15, -0.1) is 0 Å². The Bertz CT molecular complexity index is 301. The predicted molar refractivity (Wildman–Crippen MR) is 85.8 cm³/mol. The molecule has 1 unspecified atom stereocenters.